The van der Waals surface area contributed by atoms with Gasteiger partial charge in [0.15, 0.2) is 0 Å². The maximum absolute atomic E-state index is 11.1. The molecular formula is C16H27NO2. The molecule has 2 saturated carbocycles. The smallest absolute Gasteiger partial charge is 0.0860 e. The van der Waals surface area contributed by atoms with Gasteiger partial charge in [-0.15, -0.1) is 0 Å². The van der Waals surface area contributed by atoms with E-state index in [-0.39, 0.29) is 6.10 Å². The van der Waals surface area contributed by atoms with Gasteiger partial charge in [-0.2, -0.15) is 5.26 Å². The van der Waals surface area contributed by atoms with E-state index in [1.807, 2.05) is 0 Å². The average molecular weight is 265 g/mol. The van der Waals surface area contributed by atoms with Gasteiger partial charge < -0.3 is 9.84 Å². The van der Waals surface area contributed by atoms with Crippen LogP contribution in [0.5, 0.6) is 0 Å². The van der Waals surface area contributed by atoms with Gasteiger partial charge in [0, 0.05) is 7.11 Å². The molecule has 0 aromatic rings. The first-order chi connectivity index (χ1) is 9.16. The third-order valence-corrected chi connectivity index (χ3v) is 5.41. The zero-order valence-corrected chi connectivity index (χ0v) is 12.2. The van der Waals surface area contributed by atoms with Crippen molar-refractivity contribution in [1.82, 2.24) is 0 Å². The quantitative estimate of drug-likeness (QED) is 0.830. The first kappa shape index (κ1) is 14.8. The molecule has 1 N–H and O–H groups in total. The Hall–Kier alpha value is -0.590. The lowest BCUT2D eigenvalue weighted by Gasteiger charge is -2.47. The monoisotopic (exact) mass is 265 g/mol. The second-order valence-corrected chi connectivity index (χ2v) is 6.43. The molecule has 0 saturated heterocycles. The van der Waals surface area contributed by atoms with Gasteiger partial charge in [-0.25, -0.2) is 0 Å². The summed E-state index contributed by atoms with van der Waals surface area (Å²) in [6.45, 7) is 0. The van der Waals surface area contributed by atoms with Crippen LogP contribution in [-0.4, -0.2) is 23.9 Å². The van der Waals surface area contributed by atoms with Gasteiger partial charge in [0.05, 0.1) is 23.2 Å². The number of methoxy groups -OCH3 is 1. The molecule has 3 nitrogen and oxygen atoms in total. The molecule has 108 valence electrons. The molecule has 0 spiro atoms. The normalized spacial score (nSPS) is 35.9. The first-order valence-electron chi connectivity index (χ1n) is 7.82. The van der Waals surface area contributed by atoms with Crippen molar-refractivity contribution in [2.24, 2.45) is 5.41 Å². The Kier molecular flexibility index (Phi) is 4.86. The molecule has 0 aromatic carbocycles. The van der Waals surface area contributed by atoms with Crippen LogP contribution < -0.4 is 0 Å². The molecule has 0 radical (unpaired) electrons. The molecular weight excluding hydrogens is 238 g/mol. The van der Waals surface area contributed by atoms with Crippen molar-refractivity contribution in [3.8, 4) is 6.07 Å². The highest BCUT2D eigenvalue weighted by Gasteiger charge is 2.51. The first-order valence-corrected chi connectivity index (χ1v) is 7.82. The minimum Gasteiger partial charge on any atom is -0.388 e. The molecule has 2 rings (SSSR count). The van der Waals surface area contributed by atoms with Gasteiger partial charge >= 0.3 is 0 Å². The van der Waals surface area contributed by atoms with E-state index in [1.165, 1.54) is 19.3 Å². The van der Waals surface area contributed by atoms with Crippen molar-refractivity contribution in [3.05, 3.63) is 0 Å². The van der Waals surface area contributed by atoms with Crippen LogP contribution in [0.15, 0.2) is 0 Å². The number of nitrogens with zero attached hydrogens (tertiary/aromatic N) is 1. The Labute approximate surface area is 117 Å². The van der Waals surface area contributed by atoms with Crippen LogP contribution in [0.4, 0.5) is 0 Å². The zero-order chi connectivity index (χ0) is 13.8. The summed E-state index contributed by atoms with van der Waals surface area (Å²) in [6.07, 6.45) is 11.1. The average Bonchev–Trinajstić information content (AvgIpc) is 2.40. The van der Waals surface area contributed by atoms with Crippen LogP contribution in [0.3, 0.4) is 0 Å². The van der Waals surface area contributed by atoms with Crippen LogP contribution in [0.1, 0.15) is 70.6 Å². The second kappa shape index (κ2) is 6.24. The second-order valence-electron chi connectivity index (χ2n) is 6.43. The van der Waals surface area contributed by atoms with Crippen LogP contribution >= 0.6 is 0 Å². The Morgan fingerprint density at radius 1 is 1.00 bits per heavy atom. The minimum absolute atomic E-state index is 0.268. The van der Waals surface area contributed by atoms with E-state index >= 15 is 0 Å². The van der Waals surface area contributed by atoms with E-state index < -0.39 is 11.0 Å². The number of nitriles is 1. The number of aliphatic hydroxyl groups is 1. The standard InChI is InChI=1S/C16H27NO2/c1-19-14-7-11-16(18,12-8-14)15(13-17)9-5-3-2-4-6-10-15/h14,18H,2-12H2,1H3. The van der Waals surface area contributed by atoms with Crippen LogP contribution in [0, 0.1) is 16.7 Å². The molecule has 3 heteroatoms. The van der Waals surface area contributed by atoms with Gasteiger partial charge in [0.1, 0.15) is 0 Å². The molecule has 19 heavy (non-hydrogen) atoms. The van der Waals surface area contributed by atoms with E-state index in [0.717, 1.165) is 51.4 Å². The van der Waals surface area contributed by atoms with Crippen molar-refractivity contribution in [1.29, 1.82) is 5.26 Å². The maximum Gasteiger partial charge on any atom is 0.0860 e. The highest BCUT2D eigenvalue weighted by molar-refractivity contribution is 5.13. The number of rotatable bonds is 2. The van der Waals surface area contributed by atoms with Gasteiger partial charge in [-0.1, -0.05) is 32.1 Å². The van der Waals surface area contributed by atoms with E-state index in [1.54, 1.807) is 7.11 Å². The molecule has 0 amide bonds. The SMILES string of the molecule is COC1CCC(O)(C2(C#N)CCCCCCC2)CC1. The summed E-state index contributed by atoms with van der Waals surface area (Å²) < 4.78 is 5.39. The van der Waals surface area contributed by atoms with Crippen LogP contribution in [-0.2, 0) is 4.74 Å². The Morgan fingerprint density at radius 3 is 2.00 bits per heavy atom. The molecule has 0 heterocycles. The lowest BCUT2D eigenvalue weighted by molar-refractivity contribution is -0.115. The third-order valence-electron chi connectivity index (χ3n) is 5.41. The lowest BCUT2D eigenvalue weighted by Crippen LogP contribution is -2.51. The Bertz CT molecular complexity index is 318. The number of hydrogen-bond acceptors (Lipinski definition) is 3. The number of ether oxygens (including phenoxy) is 1. The summed E-state index contributed by atoms with van der Waals surface area (Å²) in [4.78, 5) is 0. The van der Waals surface area contributed by atoms with Crippen LogP contribution in [0.2, 0.25) is 0 Å². The maximum atomic E-state index is 11.1. The zero-order valence-electron chi connectivity index (χ0n) is 12.2. The molecule has 0 bridgehead atoms. The molecule has 2 aliphatic rings. The highest BCUT2D eigenvalue weighted by Crippen LogP contribution is 2.49. The summed E-state index contributed by atoms with van der Waals surface area (Å²) >= 11 is 0. The fraction of sp³-hybridized carbons (Fsp3) is 0.938. The summed E-state index contributed by atoms with van der Waals surface area (Å²) in [7, 11) is 1.74. The third kappa shape index (κ3) is 2.95. The topological polar surface area (TPSA) is 53.2 Å². The van der Waals surface area contributed by atoms with E-state index in [9.17, 15) is 10.4 Å². The largest absolute Gasteiger partial charge is 0.388 e. The van der Waals surface area contributed by atoms with Crippen LogP contribution in [0.25, 0.3) is 0 Å². The molecule has 0 aliphatic heterocycles. The van der Waals surface area contributed by atoms with Crippen molar-refractivity contribution in [3.63, 3.8) is 0 Å². The lowest BCUT2D eigenvalue weighted by atomic mass is 9.60. The van der Waals surface area contributed by atoms with Crippen molar-refractivity contribution >= 4 is 0 Å². The van der Waals surface area contributed by atoms with Gasteiger partial charge in [-0.05, 0) is 38.5 Å². The van der Waals surface area contributed by atoms with Gasteiger partial charge in [0.25, 0.3) is 0 Å². The van der Waals surface area contributed by atoms with E-state index in [2.05, 4.69) is 6.07 Å². The molecule has 0 unspecified atom stereocenters. The van der Waals surface area contributed by atoms with Crippen molar-refractivity contribution < 1.29 is 9.84 Å². The summed E-state index contributed by atoms with van der Waals surface area (Å²) in [5.74, 6) is 0. The van der Waals surface area contributed by atoms with Gasteiger partial charge in [0.2, 0.25) is 0 Å². The summed E-state index contributed by atoms with van der Waals surface area (Å²) in [5.41, 5.74) is -1.29. The fourth-order valence-electron chi connectivity index (χ4n) is 3.97. The molecule has 2 aliphatic carbocycles. The Morgan fingerprint density at radius 2 is 1.53 bits per heavy atom. The van der Waals surface area contributed by atoms with E-state index in [4.69, 9.17) is 4.74 Å². The predicted molar refractivity (Wildman–Crippen MR) is 74.6 cm³/mol. The molecule has 0 atom stereocenters. The van der Waals surface area contributed by atoms with Gasteiger partial charge in [-0.3, -0.25) is 0 Å². The number of hydrogen-bond donors (Lipinski definition) is 1. The van der Waals surface area contributed by atoms with Crippen molar-refractivity contribution in [2.45, 2.75) is 82.3 Å². The predicted octanol–water partition coefficient (Wildman–Crippen LogP) is 3.56. The minimum atomic E-state index is -0.784. The molecule has 2 fully saturated rings. The highest BCUT2D eigenvalue weighted by atomic mass is 16.5. The Balaban J connectivity index is 2.12. The molecule has 0 aromatic heterocycles. The van der Waals surface area contributed by atoms with E-state index in [0.29, 0.717) is 0 Å². The summed E-state index contributed by atoms with van der Waals surface area (Å²) in [6, 6.07) is 2.54. The fourth-order valence-corrected chi connectivity index (χ4v) is 3.97. The summed E-state index contributed by atoms with van der Waals surface area (Å²) in [5, 5.41) is 20.9. The van der Waals surface area contributed by atoms with Crippen molar-refractivity contribution in [2.75, 3.05) is 7.11 Å².